The molecule has 0 saturated carbocycles. The van der Waals surface area contributed by atoms with Crippen LogP contribution in [0.15, 0.2) is 24.3 Å². The quantitative estimate of drug-likeness (QED) is 0.792. The van der Waals surface area contributed by atoms with Gasteiger partial charge in [-0.15, -0.1) is 0 Å². The Morgan fingerprint density at radius 1 is 1.16 bits per heavy atom. The minimum atomic E-state index is -0.735. The molecule has 7 nitrogen and oxygen atoms in total. The molecule has 0 spiro atoms. The smallest absolute Gasteiger partial charge is 0.306 e. The van der Waals surface area contributed by atoms with Gasteiger partial charge in [0.25, 0.3) is 0 Å². The van der Waals surface area contributed by atoms with Gasteiger partial charge in [0, 0.05) is 6.54 Å². The first-order valence-electron chi connectivity index (χ1n) is 10.9. The van der Waals surface area contributed by atoms with Crippen LogP contribution >= 0.6 is 0 Å². The maximum Gasteiger partial charge on any atom is 0.306 e. The summed E-state index contributed by atoms with van der Waals surface area (Å²) in [6.07, 6.45) is 2.85. The van der Waals surface area contributed by atoms with Gasteiger partial charge in [0.05, 0.1) is 36.9 Å². The van der Waals surface area contributed by atoms with Crippen LogP contribution in [0.3, 0.4) is 0 Å². The van der Waals surface area contributed by atoms with E-state index in [2.05, 4.69) is 10.00 Å². The van der Waals surface area contributed by atoms with Crippen LogP contribution in [0.25, 0.3) is 0 Å². The fourth-order valence-corrected chi connectivity index (χ4v) is 4.63. The van der Waals surface area contributed by atoms with Gasteiger partial charge in [0.15, 0.2) is 0 Å². The summed E-state index contributed by atoms with van der Waals surface area (Å²) >= 11 is 0. The molecule has 1 unspecified atom stereocenters. The van der Waals surface area contributed by atoms with Gasteiger partial charge in [-0.3, -0.25) is 19.2 Å². The molecule has 2 aliphatic rings. The molecule has 0 aliphatic carbocycles. The third-order valence-corrected chi connectivity index (χ3v) is 6.47. The van der Waals surface area contributed by atoms with Gasteiger partial charge < -0.3 is 10.0 Å². The highest BCUT2D eigenvalue weighted by Crippen LogP contribution is 2.24. The summed E-state index contributed by atoms with van der Waals surface area (Å²) in [5.41, 5.74) is 4.19. The van der Waals surface area contributed by atoms with E-state index in [0.717, 1.165) is 36.3 Å². The number of nitrogens with zero attached hydrogens (tertiary/aromatic N) is 4. The Morgan fingerprint density at radius 3 is 2.68 bits per heavy atom. The van der Waals surface area contributed by atoms with Gasteiger partial charge >= 0.3 is 5.97 Å². The number of halogens is 1. The SMILES string of the molecule is Cc1nn(Cc2ccc(F)cc2)c2c1CCN(C(=O)CN1CCCC(C(=O)O)CC1)C2. The number of hydrogen-bond acceptors (Lipinski definition) is 4. The predicted molar refractivity (Wildman–Crippen MR) is 113 cm³/mol. The molecule has 1 fully saturated rings. The van der Waals surface area contributed by atoms with Gasteiger partial charge in [-0.25, -0.2) is 4.39 Å². The third-order valence-electron chi connectivity index (χ3n) is 6.47. The summed E-state index contributed by atoms with van der Waals surface area (Å²) in [6.45, 7) is 5.45. The Balaban J connectivity index is 1.41. The average Bonchev–Trinajstić information content (AvgIpc) is 2.91. The van der Waals surface area contributed by atoms with Crippen LogP contribution in [0.1, 0.15) is 41.8 Å². The molecular formula is C23H29FN4O3. The summed E-state index contributed by atoms with van der Waals surface area (Å²) in [5.74, 6) is -1.23. The molecule has 1 saturated heterocycles. The highest BCUT2D eigenvalue weighted by molar-refractivity contribution is 5.78. The minimum Gasteiger partial charge on any atom is -0.481 e. The number of amides is 1. The van der Waals surface area contributed by atoms with Crippen molar-refractivity contribution in [3.63, 3.8) is 0 Å². The van der Waals surface area contributed by atoms with E-state index in [1.165, 1.54) is 17.7 Å². The van der Waals surface area contributed by atoms with Crippen molar-refractivity contribution in [2.75, 3.05) is 26.2 Å². The predicted octanol–water partition coefficient (Wildman–Crippen LogP) is 2.45. The number of carbonyl (C=O) groups is 2. The first-order valence-corrected chi connectivity index (χ1v) is 10.9. The molecular weight excluding hydrogens is 399 g/mol. The molecule has 166 valence electrons. The maximum atomic E-state index is 13.2. The van der Waals surface area contributed by atoms with Crippen LogP contribution in [-0.2, 0) is 29.1 Å². The lowest BCUT2D eigenvalue weighted by atomic mass is 10.0. The van der Waals surface area contributed by atoms with Gasteiger partial charge in [-0.2, -0.15) is 5.10 Å². The molecule has 8 heteroatoms. The summed E-state index contributed by atoms with van der Waals surface area (Å²) in [5, 5.41) is 13.9. The molecule has 1 aromatic heterocycles. The lowest BCUT2D eigenvalue weighted by Crippen LogP contribution is -2.43. The second-order valence-electron chi connectivity index (χ2n) is 8.60. The van der Waals surface area contributed by atoms with Gasteiger partial charge in [-0.1, -0.05) is 12.1 Å². The fourth-order valence-electron chi connectivity index (χ4n) is 4.63. The zero-order chi connectivity index (χ0) is 22.0. The van der Waals surface area contributed by atoms with Crippen molar-refractivity contribution in [2.24, 2.45) is 5.92 Å². The molecule has 2 aliphatic heterocycles. The van der Waals surface area contributed by atoms with E-state index in [1.54, 1.807) is 12.1 Å². The van der Waals surface area contributed by atoms with Crippen molar-refractivity contribution < 1.29 is 19.1 Å². The zero-order valence-electron chi connectivity index (χ0n) is 17.9. The highest BCUT2D eigenvalue weighted by Gasteiger charge is 2.28. The molecule has 0 bridgehead atoms. The number of carboxylic acids is 1. The number of aromatic nitrogens is 2. The van der Waals surface area contributed by atoms with Crippen molar-refractivity contribution in [2.45, 2.75) is 45.7 Å². The standard InChI is InChI=1S/C23H29FN4O3/c1-16-20-9-12-27(22(29)15-26-10-2-3-18(8-11-26)23(30)31)14-21(20)28(25-16)13-17-4-6-19(24)7-5-17/h4-7,18H,2-3,8-15H2,1H3,(H,30,31). The van der Waals surface area contributed by atoms with Gasteiger partial charge in [0.2, 0.25) is 5.91 Å². The van der Waals surface area contributed by atoms with Crippen LogP contribution < -0.4 is 0 Å². The molecule has 1 N–H and O–H groups in total. The number of carboxylic acid groups (broad SMARTS) is 1. The number of carbonyl (C=O) groups excluding carboxylic acids is 1. The Hall–Kier alpha value is -2.74. The number of hydrogen-bond donors (Lipinski definition) is 1. The lowest BCUT2D eigenvalue weighted by Gasteiger charge is -2.30. The van der Waals surface area contributed by atoms with Crippen LogP contribution in [0.2, 0.25) is 0 Å². The summed E-state index contributed by atoms with van der Waals surface area (Å²) < 4.78 is 15.2. The van der Waals surface area contributed by atoms with E-state index in [4.69, 9.17) is 0 Å². The van der Waals surface area contributed by atoms with Crippen LogP contribution in [0, 0.1) is 18.7 Å². The van der Waals surface area contributed by atoms with Crippen molar-refractivity contribution in [3.8, 4) is 0 Å². The normalized spacial score (nSPS) is 19.7. The average molecular weight is 429 g/mol. The molecule has 2 aromatic rings. The molecule has 1 amide bonds. The second-order valence-corrected chi connectivity index (χ2v) is 8.60. The van der Waals surface area contributed by atoms with E-state index in [9.17, 15) is 19.1 Å². The summed E-state index contributed by atoms with van der Waals surface area (Å²) in [6, 6.07) is 6.41. The van der Waals surface area contributed by atoms with E-state index in [1.807, 2.05) is 16.5 Å². The maximum absolute atomic E-state index is 13.2. The largest absolute Gasteiger partial charge is 0.481 e. The Bertz CT molecular complexity index is 956. The number of benzene rings is 1. The monoisotopic (exact) mass is 428 g/mol. The molecule has 0 radical (unpaired) electrons. The van der Waals surface area contributed by atoms with Crippen LogP contribution in [0.5, 0.6) is 0 Å². The summed E-state index contributed by atoms with van der Waals surface area (Å²) in [7, 11) is 0. The van der Waals surface area contributed by atoms with Crippen molar-refractivity contribution in [1.82, 2.24) is 19.6 Å². The first-order chi connectivity index (χ1) is 14.9. The number of aliphatic carboxylic acids is 1. The molecule has 3 heterocycles. The second kappa shape index (κ2) is 9.18. The summed E-state index contributed by atoms with van der Waals surface area (Å²) in [4.78, 5) is 28.2. The molecule has 1 aromatic carbocycles. The van der Waals surface area contributed by atoms with E-state index >= 15 is 0 Å². The number of rotatable bonds is 5. The fraction of sp³-hybridized carbons (Fsp3) is 0.522. The van der Waals surface area contributed by atoms with Gasteiger partial charge in [-0.05, 0) is 69.0 Å². The van der Waals surface area contributed by atoms with E-state index in [0.29, 0.717) is 45.6 Å². The van der Waals surface area contributed by atoms with Crippen LogP contribution in [-0.4, -0.2) is 62.7 Å². The lowest BCUT2D eigenvalue weighted by molar-refractivity contribution is -0.142. The van der Waals surface area contributed by atoms with Crippen molar-refractivity contribution in [1.29, 1.82) is 0 Å². The minimum absolute atomic E-state index is 0.0756. The molecule has 1 atom stereocenters. The van der Waals surface area contributed by atoms with E-state index in [-0.39, 0.29) is 17.6 Å². The Kier molecular flexibility index (Phi) is 6.36. The molecule has 31 heavy (non-hydrogen) atoms. The highest BCUT2D eigenvalue weighted by atomic mass is 19.1. The van der Waals surface area contributed by atoms with E-state index < -0.39 is 5.97 Å². The Labute approximate surface area is 181 Å². The zero-order valence-corrected chi connectivity index (χ0v) is 17.9. The van der Waals surface area contributed by atoms with Crippen molar-refractivity contribution in [3.05, 3.63) is 52.6 Å². The molecule has 4 rings (SSSR count). The first kappa shape index (κ1) is 21.5. The number of likely N-dealkylation sites (tertiary alicyclic amines) is 1. The van der Waals surface area contributed by atoms with Crippen molar-refractivity contribution >= 4 is 11.9 Å². The topological polar surface area (TPSA) is 78.7 Å². The number of fused-ring (bicyclic) bond motifs is 1. The Morgan fingerprint density at radius 2 is 1.94 bits per heavy atom. The number of aryl methyl sites for hydroxylation is 1. The van der Waals surface area contributed by atoms with Crippen LogP contribution in [0.4, 0.5) is 4.39 Å². The van der Waals surface area contributed by atoms with Gasteiger partial charge in [0.1, 0.15) is 5.82 Å². The third kappa shape index (κ3) is 4.95.